The van der Waals surface area contributed by atoms with Gasteiger partial charge in [-0.3, -0.25) is 4.55 Å². The first-order valence-corrected chi connectivity index (χ1v) is 11.3. The first kappa shape index (κ1) is 25.6. The standard InChI is InChI=1S/C19H34O7S/c1-2-3-4-5-6-7-8-9-10-11-12-13-17(27(23,24)25)16-26-19(22)15-14-18(20)21/h14-15,17H,2-13,16H2,1H3,(H,20,21)(H,23,24,25). The molecule has 0 aromatic carbocycles. The number of hydrogen-bond donors (Lipinski definition) is 2. The molecule has 8 heteroatoms. The van der Waals surface area contributed by atoms with E-state index in [2.05, 4.69) is 6.92 Å². The van der Waals surface area contributed by atoms with E-state index < -0.39 is 33.9 Å². The molecule has 1 unspecified atom stereocenters. The van der Waals surface area contributed by atoms with Crippen LogP contribution in [-0.4, -0.2) is 41.9 Å². The van der Waals surface area contributed by atoms with Crippen molar-refractivity contribution in [3.63, 3.8) is 0 Å². The largest absolute Gasteiger partial charge is 0.478 e. The zero-order valence-corrected chi connectivity index (χ0v) is 17.1. The molecule has 0 aromatic rings. The van der Waals surface area contributed by atoms with Gasteiger partial charge in [-0.25, -0.2) is 9.59 Å². The first-order valence-electron chi connectivity index (χ1n) is 9.81. The highest BCUT2D eigenvalue weighted by molar-refractivity contribution is 7.86. The Labute approximate surface area is 162 Å². The van der Waals surface area contributed by atoms with Gasteiger partial charge < -0.3 is 9.84 Å². The summed E-state index contributed by atoms with van der Waals surface area (Å²) in [5.74, 6) is -2.26. The molecule has 0 amide bonds. The minimum Gasteiger partial charge on any atom is -0.478 e. The fourth-order valence-electron chi connectivity index (χ4n) is 2.72. The van der Waals surface area contributed by atoms with Crippen LogP contribution < -0.4 is 0 Å². The molecule has 0 heterocycles. The average molecular weight is 407 g/mol. The molecule has 27 heavy (non-hydrogen) atoms. The van der Waals surface area contributed by atoms with Crippen LogP contribution in [0.15, 0.2) is 12.2 Å². The Morgan fingerprint density at radius 3 is 1.81 bits per heavy atom. The maximum atomic E-state index is 11.4. The maximum absolute atomic E-state index is 11.4. The van der Waals surface area contributed by atoms with Crippen molar-refractivity contribution in [3.8, 4) is 0 Å². The molecule has 1 atom stereocenters. The van der Waals surface area contributed by atoms with Crippen LogP contribution in [0, 0.1) is 0 Å². The molecule has 158 valence electrons. The highest BCUT2D eigenvalue weighted by atomic mass is 32.2. The lowest BCUT2D eigenvalue weighted by Gasteiger charge is -2.13. The number of carboxylic acids is 1. The maximum Gasteiger partial charge on any atom is 0.331 e. The van der Waals surface area contributed by atoms with Crippen LogP contribution in [0.1, 0.15) is 84.0 Å². The number of unbranched alkanes of at least 4 members (excludes halogenated alkanes) is 10. The van der Waals surface area contributed by atoms with Crippen LogP contribution in [0.25, 0.3) is 0 Å². The van der Waals surface area contributed by atoms with Crippen molar-refractivity contribution in [2.45, 2.75) is 89.2 Å². The number of aliphatic carboxylic acids is 1. The summed E-state index contributed by atoms with van der Waals surface area (Å²) in [6.45, 7) is 1.71. The molecular formula is C19H34O7S. The Balaban J connectivity index is 3.90. The van der Waals surface area contributed by atoms with Gasteiger partial charge in [-0.2, -0.15) is 8.42 Å². The molecule has 0 rings (SSSR count). The van der Waals surface area contributed by atoms with Crippen LogP contribution in [0.3, 0.4) is 0 Å². The third-order valence-electron chi connectivity index (χ3n) is 4.32. The summed E-state index contributed by atoms with van der Waals surface area (Å²) in [4.78, 5) is 21.6. The lowest BCUT2D eigenvalue weighted by atomic mass is 10.0. The van der Waals surface area contributed by atoms with Gasteiger partial charge in [-0.05, 0) is 6.42 Å². The van der Waals surface area contributed by atoms with E-state index in [1.807, 2.05) is 0 Å². The Bertz CT molecular complexity index is 540. The van der Waals surface area contributed by atoms with Crippen LogP contribution in [0.4, 0.5) is 0 Å². The second kappa shape index (κ2) is 15.6. The van der Waals surface area contributed by atoms with E-state index in [1.165, 1.54) is 44.9 Å². The molecule has 0 saturated heterocycles. The molecule has 7 nitrogen and oxygen atoms in total. The molecule has 0 spiro atoms. The second-order valence-electron chi connectivity index (χ2n) is 6.76. The van der Waals surface area contributed by atoms with Crippen molar-refractivity contribution >= 4 is 22.1 Å². The summed E-state index contributed by atoms with van der Waals surface area (Å²) in [5, 5.41) is 7.23. The lowest BCUT2D eigenvalue weighted by Crippen LogP contribution is -2.27. The topological polar surface area (TPSA) is 118 Å². The Morgan fingerprint density at radius 2 is 1.37 bits per heavy atom. The van der Waals surface area contributed by atoms with Gasteiger partial charge in [0.25, 0.3) is 10.1 Å². The van der Waals surface area contributed by atoms with Gasteiger partial charge in [0.15, 0.2) is 0 Å². The minimum absolute atomic E-state index is 0.200. The van der Waals surface area contributed by atoms with Crippen molar-refractivity contribution in [2.75, 3.05) is 6.61 Å². The van der Waals surface area contributed by atoms with Crippen LogP contribution in [0.5, 0.6) is 0 Å². The van der Waals surface area contributed by atoms with Gasteiger partial charge in [0, 0.05) is 12.2 Å². The first-order chi connectivity index (χ1) is 12.8. The summed E-state index contributed by atoms with van der Waals surface area (Å²) in [7, 11) is -4.32. The van der Waals surface area contributed by atoms with E-state index in [9.17, 15) is 22.6 Å². The quantitative estimate of drug-likeness (QED) is 0.161. The van der Waals surface area contributed by atoms with Gasteiger partial charge in [0.1, 0.15) is 11.9 Å². The molecule has 0 bridgehead atoms. The predicted octanol–water partition coefficient (Wildman–Crippen LogP) is 4.13. The van der Waals surface area contributed by atoms with Crippen molar-refractivity contribution in [2.24, 2.45) is 0 Å². The molecule has 0 saturated carbocycles. The number of carbonyl (C=O) groups is 2. The molecule has 0 fully saturated rings. The SMILES string of the molecule is CCCCCCCCCCCCCC(COC(=O)C=CC(=O)O)S(=O)(=O)O. The molecule has 2 N–H and O–H groups in total. The molecule has 0 aliphatic rings. The summed E-state index contributed by atoms with van der Waals surface area (Å²) in [6, 6.07) is 0. The highest BCUT2D eigenvalue weighted by Crippen LogP contribution is 2.15. The summed E-state index contributed by atoms with van der Waals surface area (Å²) < 4.78 is 36.7. The Morgan fingerprint density at radius 1 is 0.889 bits per heavy atom. The van der Waals surface area contributed by atoms with Crippen molar-refractivity contribution in [3.05, 3.63) is 12.2 Å². The number of ether oxygens (including phenoxy) is 1. The molecule has 0 radical (unpaired) electrons. The van der Waals surface area contributed by atoms with E-state index in [0.29, 0.717) is 18.6 Å². The highest BCUT2D eigenvalue weighted by Gasteiger charge is 2.24. The van der Waals surface area contributed by atoms with E-state index in [-0.39, 0.29) is 6.42 Å². The Hall–Kier alpha value is -1.41. The van der Waals surface area contributed by atoms with E-state index >= 15 is 0 Å². The van der Waals surface area contributed by atoms with Crippen molar-refractivity contribution in [1.29, 1.82) is 0 Å². The number of carbonyl (C=O) groups excluding carboxylic acids is 1. The molecule has 0 aliphatic heterocycles. The van der Waals surface area contributed by atoms with Crippen LogP contribution in [-0.2, 0) is 24.4 Å². The fraction of sp³-hybridized carbons (Fsp3) is 0.789. The van der Waals surface area contributed by atoms with Crippen LogP contribution in [0.2, 0.25) is 0 Å². The molecule has 0 aromatic heterocycles. The summed E-state index contributed by atoms with van der Waals surface area (Å²) in [5.41, 5.74) is 0. The third kappa shape index (κ3) is 16.5. The number of esters is 1. The van der Waals surface area contributed by atoms with Gasteiger partial charge >= 0.3 is 11.9 Å². The van der Waals surface area contributed by atoms with Gasteiger partial charge in [0.2, 0.25) is 0 Å². The van der Waals surface area contributed by atoms with Gasteiger partial charge in [-0.1, -0.05) is 77.6 Å². The van der Waals surface area contributed by atoms with E-state index in [4.69, 9.17) is 9.84 Å². The van der Waals surface area contributed by atoms with Gasteiger partial charge in [-0.15, -0.1) is 0 Å². The molecular weight excluding hydrogens is 372 g/mol. The predicted molar refractivity (Wildman–Crippen MR) is 104 cm³/mol. The normalized spacial score (nSPS) is 13.0. The summed E-state index contributed by atoms with van der Waals surface area (Å²) in [6.07, 6.45) is 13.9. The zero-order valence-electron chi connectivity index (χ0n) is 16.3. The fourth-order valence-corrected chi connectivity index (χ4v) is 3.42. The number of hydrogen-bond acceptors (Lipinski definition) is 5. The van der Waals surface area contributed by atoms with Crippen molar-refractivity contribution < 1.29 is 32.4 Å². The Kier molecular flexibility index (Phi) is 14.8. The number of rotatable bonds is 17. The zero-order chi connectivity index (χ0) is 20.5. The van der Waals surface area contributed by atoms with Crippen molar-refractivity contribution in [1.82, 2.24) is 0 Å². The number of carboxylic acid groups (broad SMARTS) is 1. The van der Waals surface area contributed by atoms with Gasteiger partial charge in [0.05, 0.1) is 0 Å². The minimum atomic E-state index is -4.32. The monoisotopic (exact) mass is 406 g/mol. The van der Waals surface area contributed by atoms with E-state index in [0.717, 1.165) is 19.3 Å². The second-order valence-corrected chi connectivity index (χ2v) is 8.46. The van der Waals surface area contributed by atoms with E-state index in [1.54, 1.807) is 0 Å². The summed E-state index contributed by atoms with van der Waals surface area (Å²) >= 11 is 0. The lowest BCUT2D eigenvalue weighted by molar-refractivity contribution is -0.138. The third-order valence-corrected chi connectivity index (χ3v) is 5.54. The smallest absolute Gasteiger partial charge is 0.331 e. The molecule has 0 aliphatic carbocycles. The van der Waals surface area contributed by atoms with Crippen LogP contribution >= 0.6 is 0 Å². The average Bonchev–Trinajstić information content (AvgIpc) is 2.59.